The van der Waals surface area contributed by atoms with Crippen LogP contribution in [0.2, 0.25) is 5.02 Å². The first-order valence-electron chi connectivity index (χ1n) is 7.82. The molecular weight excluding hydrogens is 327 g/mol. The van der Waals surface area contributed by atoms with Crippen molar-refractivity contribution in [2.45, 2.75) is 6.54 Å². The summed E-state index contributed by atoms with van der Waals surface area (Å²) in [5.74, 6) is 0.400. The van der Waals surface area contributed by atoms with Gasteiger partial charge in [-0.25, -0.2) is 8.96 Å². The number of hydrogen-bond acceptors (Lipinski definition) is 2. The minimum absolute atomic E-state index is 0.309. The molecule has 0 atom stereocenters. The molecule has 2 aromatic heterocycles. The number of benzene rings is 1. The lowest BCUT2D eigenvalue weighted by atomic mass is 10.1. The molecule has 6 heteroatoms. The van der Waals surface area contributed by atoms with Crippen molar-refractivity contribution in [3.8, 4) is 0 Å². The summed E-state index contributed by atoms with van der Waals surface area (Å²) in [6.07, 6.45) is 5.97. The fourth-order valence-electron chi connectivity index (χ4n) is 3.02. The zero-order chi connectivity index (χ0) is 16.7. The molecule has 0 saturated heterocycles. The van der Waals surface area contributed by atoms with Gasteiger partial charge in [0.2, 0.25) is 0 Å². The summed E-state index contributed by atoms with van der Waals surface area (Å²) in [4.78, 5) is 4.32. The van der Waals surface area contributed by atoms with E-state index in [1.54, 1.807) is 6.07 Å². The molecule has 3 heterocycles. The quantitative estimate of drug-likeness (QED) is 0.729. The van der Waals surface area contributed by atoms with Gasteiger partial charge in [-0.2, -0.15) is 0 Å². The molecule has 0 spiro atoms. The minimum atomic E-state index is -0.309. The van der Waals surface area contributed by atoms with Crippen molar-refractivity contribution in [2.75, 3.05) is 13.1 Å². The highest BCUT2D eigenvalue weighted by Crippen LogP contribution is 2.25. The molecule has 122 valence electrons. The lowest BCUT2D eigenvalue weighted by molar-refractivity contribution is -0.670. The highest BCUT2D eigenvalue weighted by atomic mass is 35.5. The van der Waals surface area contributed by atoms with Crippen molar-refractivity contribution >= 4 is 28.3 Å². The van der Waals surface area contributed by atoms with Crippen LogP contribution in [0, 0.1) is 5.82 Å². The third-order valence-corrected chi connectivity index (χ3v) is 4.61. The van der Waals surface area contributed by atoms with Crippen LogP contribution in [0.3, 0.4) is 0 Å². The van der Waals surface area contributed by atoms with Gasteiger partial charge in [-0.05, 0) is 18.2 Å². The number of nitrogens with one attached hydrogen (secondary N) is 1. The van der Waals surface area contributed by atoms with E-state index >= 15 is 0 Å². The van der Waals surface area contributed by atoms with Crippen LogP contribution in [0.1, 0.15) is 11.1 Å². The monoisotopic (exact) mass is 343 g/mol. The second-order valence-corrected chi connectivity index (χ2v) is 6.38. The Bertz CT molecular complexity index is 938. The van der Waals surface area contributed by atoms with E-state index in [0.717, 1.165) is 17.4 Å². The number of aromatic nitrogens is 2. The summed E-state index contributed by atoms with van der Waals surface area (Å²) in [7, 11) is 1.97. The maximum atomic E-state index is 14.6. The zero-order valence-corrected chi connectivity index (χ0v) is 14.0. The standard InChI is InChI=1S/C18H17ClFN4/c1-23-6-2-12-3-7-24(17(12)11-23)10-14-15(19)8-13(9-16(14)20)18-21-4-5-22-18/h2-3,6-9,11H,4-5,10H2,1H3,(H,21,22)/q+1. The van der Waals surface area contributed by atoms with Crippen LogP contribution in [0.4, 0.5) is 4.39 Å². The maximum Gasteiger partial charge on any atom is 0.193 e. The number of fused-ring (bicyclic) bond motifs is 1. The Kier molecular flexibility index (Phi) is 3.73. The van der Waals surface area contributed by atoms with Gasteiger partial charge in [0.25, 0.3) is 0 Å². The molecule has 0 saturated carbocycles. The van der Waals surface area contributed by atoms with Crippen molar-refractivity contribution in [2.24, 2.45) is 12.0 Å². The Morgan fingerprint density at radius 2 is 2.25 bits per heavy atom. The Balaban J connectivity index is 1.72. The van der Waals surface area contributed by atoms with Gasteiger partial charge in [-0.3, -0.25) is 4.99 Å². The number of aryl methyl sites for hydroxylation is 1. The van der Waals surface area contributed by atoms with Crippen LogP contribution in [0.25, 0.3) is 10.9 Å². The molecule has 24 heavy (non-hydrogen) atoms. The molecule has 0 aliphatic carbocycles. The molecule has 0 radical (unpaired) electrons. The fraction of sp³-hybridized carbons (Fsp3) is 0.222. The number of aliphatic imine (C=N–C) groups is 1. The average molecular weight is 344 g/mol. The van der Waals surface area contributed by atoms with E-state index in [0.29, 0.717) is 35.1 Å². The molecule has 3 aromatic rings. The molecule has 0 bridgehead atoms. The van der Waals surface area contributed by atoms with Crippen LogP contribution in [-0.4, -0.2) is 23.5 Å². The van der Waals surface area contributed by atoms with Crippen molar-refractivity contribution in [1.29, 1.82) is 0 Å². The Labute approximate surface area is 144 Å². The summed E-state index contributed by atoms with van der Waals surface area (Å²) in [6.45, 7) is 1.88. The zero-order valence-electron chi connectivity index (χ0n) is 13.3. The van der Waals surface area contributed by atoms with E-state index in [9.17, 15) is 4.39 Å². The summed E-state index contributed by atoms with van der Waals surface area (Å²) < 4.78 is 18.6. The molecule has 1 N–H and O–H groups in total. The molecule has 1 aliphatic heterocycles. The van der Waals surface area contributed by atoms with Gasteiger partial charge in [0, 0.05) is 40.3 Å². The molecular formula is C18H17ClFN4+. The smallest absolute Gasteiger partial charge is 0.193 e. The number of hydrogen-bond donors (Lipinski definition) is 1. The fourth-order valence-corrected chi connectivity index (χ4v) is 3.28. The predicted octanol–water partition coefficient (Wildman–Crippen LogP) is 2.66. The van der Waals surface area contributed by atoms with Crippen molar-refractivity contribution < 1.29 is 8.96 Å². The Morgan fingerprint density at radius 1 is 1.38 bits per heavy atom. The molecule has 0 fully saturated rings. The van der Waals surface area contributed by atoms with Crippen LogP contribution < -0.4 is 9.88 Å². The van der Waals surface area contributed by atoms with Gasteiger partial charge in [-0.15, -0.1) is 0 Å². The molecule has 4 nitrogen and oxygen atoms in total. The Morgan fingerprint density at radius 3 is 3.00 bits per heavy atom. The van der Waals surface area contributed by atoms with Gasteiger partial charge in [-0.1, -0.05) is 11.6 Å². The van der Waals surface area contributed by atoms with E-state index in [1.807, 2.05) is 46.9 Å². The average Bonchev–Trinajstić information content (AvgIpc) is 3.20. The topological polar surface area (TPSA) is 33.2 Å². The van der Waals surface area contributed by atoms with Gasteiger partial charge in [0.1, 0.15) is 24.2 Å². The first kappa shape index (κ1) is 15.1. The lowest BCUT2D eigenvalue weighted by Gasteiger charge is -2.11. The first-order valence-corrected chi connectivity index (χ1v) is 8.20. The van der Waals surface area contributed by atoms with Gasteiger partial charge in [0.15, 0.2) is 12.4 Å². The third kappa shape index (κ3) is 2.65. The van der Waals surface area contributed by atoms with Crippen LogP contribution >= 0.6 is 11.6 Å². The number of pyridine rings is 1. The summed E-state index contributed by atoms with van der Waals surface area (Å²) in [5.41, 5.74) is 2.23. The lowest BCUT2D eigenvalue weighted by Crippen LogP contribution is -2.26. The van der Waals surface area contributed by atoms with Crippen molar-refractivity contribution in [3.05, 3.63) is 64.8 Å². The molecule has 0 unspecified atom stereocenters. The van der Waals surface area contributed by atoms with Gasteiger partial charge >= 0.3 is 0 Å². The summed E-state index contributed by atoms with van der Waals surface area (Å²) >= 11 is 6.37. The van der Waals surface area contributed by atoms with Gasteiger partial charge < -0.3 is 9.88 Å². The second kappa shape index (κ2) is 5.91. The highest BCUT2D eigenvalue weighted by molar-refractivity contribution is 6.31. The SMILES string of the molecule is C[n+]1ccc2ccn(Cc3c(F)cc(C4=NCCN4)cc3Cl)c2c1. The maximum absolute atomic E-state index is 14.6. The van der Waals surface area contributed by atoms with E-state index in [-0.39, 0.29) is 5.82 Å². The largest absolute Gasteiger partial charge is 0.368 e. The summed E-state index contributed by atoms with van der Waals surface area (Å²) in [6, 6.07) is 7.34. The molecule has 0 amide bonds. The van der Waals surface area contributed by atoms with Crippen LogP contribution in [0.15, 0.2) is 47.8 Å². The minimum Gasteiger partial charge on any atom is -0.368 e. The second-order valence-electron chi connectivity index (χ2n) is 5.97. The molecule has 1 aromatic carbocycles. The van der Waals surface area contributed by atoms with Crippen molar-refractivity contribution in [3.63, 3.8) is 0 Å². The van der Waals surface area contributed by atoms with E-state index in [4.69, 9.17) is 11.6 Å². The van der Waals surface area contributed by atoms with E-state index in [2.05, 4.69) is 10.3 Å². The van der Waals surface area contributed by atoms with Crippen molar-refractivity contribution in [1.82, 2.24) is 9.88 Å². The summed E-state index contributed by atoms with van der Waals surface area (Å²) in [5, 5.41) is 4.68. The Hall–Kier alpha value is -2.40. The predicted molar refractivity (Wildman–Crippen MR) is 93.0 cm³/mol. The van der Waals surface area contributed by atoms with Crippen LogP contribution in [0.5, 0.6) is 0 Å². The first-order chi connectivity index (χ1) is 11.6. The number of nitrogens with zero attached hydrogens (tertiary/aromatic N) is 3. The van der Waals surface area contributed by atoms with Gasteiger partial charge in [0.05, 0.1) is 13.1 Å². The third-order valence-electron chi connectivity index (χ3n) is 4.27. The van der Waals surface area contributed by atoms with E-state index < -0.39 is 0 Å². The number of amidine groups is 1. The van der Waals surface area contributed by atoms with Crippen LogP contribution in [-0.2, 0) is 13.6 Å². The number of halogens is 2. The highest BCUT2D eigenvalue weighted by Gasteiger charge is 2.16. The number of rotatable bonds is 3. The molecule has 4 rings (SSSR count). The van der Waals surface area contributed by atoms with E-state index in [1.165, 1.54) is 6.07 Å². The normalized spacial score (nSPS) is 14.0. The molecule has 1 aliphatic rings.